The molecular formula is C15H20O. The first-order chi connectivity index (χ1) is 7.86. The SMILES string of the molecule is O=C1CCCC1CCCCc1ccccc1. The van der Waals surface area contributed by atoms with E-state index in [-0.39, 0.29) is 0 Å². The second kappa shape index (κ2) is 5.83. The zero-order chi connectivity index (χ0) is 11.2. The fourth-order valence-electron chi connectivity index (χ4n) is 2.56. The molecule has 1 saturated carbocycles. The maximum atomic E-state index is 11.4. The molecule has 0 aliphatic heterocycles. The Morgan fingerprint density at radius 3 is 2.62 bits per heavy atom. The summed E-state index contributed by atoms with van der Waals surface area (Å²) in [6, 6.07) is 10.6. The van der Waals surface area contributed by atoms with Gasteiger partial charge in [0.15, 0.2) is 0 Å². The molecule has 1 atom stereocenters. The fourth-order valence-corrected chi connectivity index (χ4v) is 2.56. The van der Waals surface area contributed by atoms with E-state index >= 15 is 0 Å². The molecule has 0 bridgehead atoms. The highest BCUT2D eigenvalue weighted by molar-refractivity contribution is 5.82. The number of carbonyl (C=O) groups is 1. The van der Waals surface area contributed by atoms with Crippen molar-refractivity contribution in [2.75, 3.05) is 0 Å². The minimum absolute atomic E-state index is 0.399. The number of ketones is 1. The van der Waals surface area contributed by atoms with Crippen LogP contribution in [0.4, 0.5) is 0 Å². The summed E-state index contributed by atoms with van der Waals surface area (Å²) in [6.45, 7) is 0. The Kier molecular flexibility index (Phi) is 4.15. The van der Waals surface area contributed by atoms with Gasteiger partial charge in [-0.2, -0.15) is 0 Å². The molecule has 0 aromatic heterocycles. The van der Waals surface area contributed by atoms with Crippen molar-refractivity contribution in [2.45, 2.75) is 44.9 Å². The van der Waals surface area contributed by atoms with E-state index in [4.69, 9.17) is 0 Å². The Labute approximate surface area is 97.9 Å². The maximum absolute atomic E-state index is 11.4. The highest BCUT2D eigenvalue weighted by atomic mass is 16.1. The van der Waals surface area contributed by atoms with Gasteiger partial charge in [-0.15, -0.1) is 0 Å². The van der Waals surface area contributed by atoms with Crippen molar-refractivity contribution in [2.24, 2.45) is 5.92 Å². The van der Waals surface area contributed by atoms with E-state index in [0.717, 1.165) is 32.1 Å². The monoisotopic (exact) mass is 216 g/mol. The van der Waals surface area contributed by atoms with Crippen LogP contribution in [0.2, 0.25) is 0 Å². The smallest absolute Gasteiger partial charge is 0.135 e. The van der Waals surface area contributed by atoms with Crippen LogP contribution < -0.4 is 0 Å². The Bertz CT molecular complexity index is 329. The lowest BCUT2D eigenvalue weighted by Crippen LogP contribution is -2.05. The van der Waals surface area contributed by atoms with Gasteiger partial charge in [-0.1, -0.05) is 36.8 Å². The lowest BCUT2D eigenvalue weighted by molar-refractivity contribution is -0.120. The third kappa shape index (κ3) is 3.19. The van der Waals surface area contributed by atoms with Crippen LogP contribution in [0.1, 0.15) is 44.1 Å². The van der Waals surface area contributed by atoms with Gasteiger partial charge in [-0.3, -0.25) is 4.79 Å². The summed E-state index contributed by atoms with van der Waals surface area (Å²) in [7, 11) is 0. The van der Waals surface area contributed by atoms with E-state index < -0.39 is 0 Å². The molecule has 2 rings (SSSR count). The van der Waals surface area contributed by atoms with Crippen molar-refractivity contribution in [1.29, 1.82) is 0 Å². The van der Waals surface area contributed by atoms with Crippen molar-refractivity contribution < 1.29 is 4.79 Å². The molecular weight excluding hydrogens is 196 g/mol. The third-order valence-electron chi connectivity index (χ3n) is 3.54. The van der Waals surface area contributed by atoms with Crippen molar-refractivity contribution >= 4 is 5.78 Å². The Balaban J connectivity index is 1.64. The number of unbranched alkanes of at least 4 members (excludes halogenated alkanes) is 1. The number of hydrogen-bond donors (Lipinski definition) is 0. The zero-order valence-electron chi connectivity index (χ0n) is 9.82. The van der Waals surface area contributed by atoms with Crippen molar-refractivity contribution in [1.82, 2.24) is 0 Å². The molecule has 0 N–H and O–H groups in total. The number of hydrogen-bond acceptors (Lipinski definition) is 1. The predicted molar refractivity (Wildman–Crippen MR) is 66.3 cm³/mol. The van der Waals surface area contributed by atoms with Crippen LogP contribution >= 0.6 is 0 Å². The zero-order valence-corrected chi connectivity index (χ0v) is 9.82. The van der Waals surface area contributed by atoms with E-state index in [1.165, 1.54) is 18.4 Å². The number of benzene rings is 1. The number of carbonyl (C=O) groups excluding carboxylic acids is 1. The minimum atomic E-state index is 0.399. The van der Waals surface area contributed by atoms with E-state index in [0.29, 0.717) is 11.7 Å². The molecule has 0 spiro atoms. The van der Waals surface area contributed by atoms with Crippen LogP contribution in [0.25, 0.3) is 0 Å². The lowest BCUT2D eigenvalue weighted by atomic mass is 9.98. The largest absolute Gasteiger partial charge is 0.299 e. The van der Waals surface area contributed by atoms with E-state index in [2.05, 4.69) is 30.3 Å². The summed E-state index contributed by atoms with van der Waals surface area (Å²) in [4.78, 5) is 11.4. The summed E-state index contributed by atoms with van der Waals surface area (Å²) in [6.07, 6.45) is 7.79. The quantitative estimate of drug-likeness (QED) is 0.685. The highest BCUT2D eigenvalue weighted by Crippen LogP contribution is 2.26. The number of aryl methyl sites for hydroxylation is 1. The van der Waals surface area contributed by atoms with Crippen LogP contribution in [0, 0.1) is 5.92 Å². The second-order valence-corrected chi connectivity index (χ2v) is 4.79. The van der Waals surface area contributed by atoms with Gasteiger partial charge in [0.1, 0.15) is 5.78 Å². The number of rotatable bonds is 5. The van der Waals surface area contributed by atoms with Gasteiger partial charge >= 0.3 is 0 Å². The Morgan fingerprint density at radius 1 is 1.12 bits per heavy atom. The summed E-state index contributed by atoms with van der Waals surface area (Å²) >= 11 is 0. The summed E-state index contributed by atoms with van der Waals surface area (Å²) in [5.41, 5.74) is 1.42. The van der Waals surface area contributed by atoms with Gasteiger partial charge in [0.05, 0.1) is 0 Å². The Morgan fingerprint density at radius 2 is 1.94 bits per heavy atom. The van der Waals surface area contributed by atoms with Crippen LogP contribution in [0.3, 0.4) is 0 Å². The molecule has 0 amide bonds. The summed E-state index contributed by atoms with van der Waals surface area (Å²) < 4.78 is 0. The normalized spacial score (nSPS) is 20.2. The van der Waals surface area contributed by atoms with Crippen molar-refractivity contribution in [3.8, 4) is 0 Å². The molecule has 0 heterocycles. The molecule has 0 saturated heterocycles. The van der Waals surface area contributed by atoms with Gasteiger partial charge in [-0.25, -0.2) is 0 Å². The molecule has 1 nitrogen and oxygen atoms in total. The van der Waals surface area contributed by atoms with Crippen molar-refractivity contribution in [3.63, 3.8) is 0 Å². The molecule has 1 aromatic rings. The molecule has 1 aliphatic carbocycles. The first-order valence-corrected chi connectivity index (χ1v) is 6.43. The molecule has 1 aliphatic rings. The molecule has 16 heavy (non-hydrogen) atoms. The van der Waals surface area contributed by atoms with Gasteiger partial charge in [0, 0.05) is 12.3 Å². The maximum Gasteiger partial charge on any atom is 0.135 e. The summed E-state index contributed by atoms with van der Waals surface area (Å²) in [5.74, 6) is 0.912. The Hall–Kier alpha value is -1.11. The van der Waals surface area contributed by atoms with Gasteiger partial charge in [0.25, 0.3) is 0 Å². The van der Waals surface area contributed by atoms with Crippen LogP contribution in [-0.4, -0.2) is 5.78 Å². The van der Waals surface area contributed by atoms with Crippen LogP contribution in [-0.2, 0) is 11.2 Å². The summed E-state index contributed by atoms with van der Waals surface area (Å²) in [5, 5.41) is 0. The molecule has 1 aromatic carbocycles. The van der Waals surface area contributed by atoms with E-state index in [1.807, 2.05) is 0 Å². The average molecular weight is 216 g/mol. The molecule has 1 heteroatoms. The lowest BCUT2D eigenvalue weighted by Gasteiger charge is -2.07. The molecule has 0 radical (unpaired) electrons. The van der Waals surface area contributed by atoms with E-state index in [9.17, 15) is 4.79 Å². The molecule has 1 unspecified atom stereocenters. The predicted octanol–water partition coefficient (Wildman–Crippen LogP) is 3.77. The van der Waals surface area contributed by atoms with Crippen molar-refractivity contribution in [3.05, 3.63) is 35.9 Å². The van der Waals surface area contributed by atoms with Crippen LogP contribution in [0.5, 0.6) is 0 Å². The minimum Gasteiger partial charge on any atom is -0.299 e. The number of Topliss-reactive ketones (excluding diaryl/α,β-unsaturated/α-hetero) is 1. The van der Waals surface area contributed by atoms with E-state index in [1.54, 1.807) is 0 Å². The van der Waals surface area contributed by atoms with Gasteiger partial charge < -0.3 is 0 Å². The molecule has 1 fully saturated rings. The fraction of sp³-hybridized carbons (Fsp3) is 0.533. The standard InChI is InChI=1S/C15H20O/c16-15-12-6-11-14(15)10-5-4-9-13-7-2-1-3-8-13/h1-3,7-8,14H,4-6,9-12H2. The highest BCUT2D eigenvalue weighted by Gasteiger charge is 2.23. The van der Waals surface area contributed by atoms with Gasteiger partial charge in [-0.05, 0) is 37.7 Å². The average Bonchev–Trinajstić information content (AvgIpc) is 2.72. The first-order valence-electron chi connectivity index (χ1n) is 6.43. The topological polar surface area (TPSA) is 17.1 Å². The molecule has 86 valence electrons. The first kappa shape index (κ1) is 11.4. The third-order valence-corrected chi connectivity index (χ3v) is 3.54. The van der Waals surface area contributed by atoms with Gasteiger partial charge in [0.2, 0.25) is 0 Å². The second-order valence-electron chi connectivity index (χ2n) is 4.79. The van der Waals surface area contributed by atoms with Crippen LogP contribution in [0.15, 0.2) is 30.3 Å².